The number of hydrogen-bond donors (Lipinski definition) is 0. The molecule has 2 fully saturated rings. The van der Waals surface area contributed by atoms with Crippen LogP contribution in [0.1, 0.15) is 12.0 Å². The summed E-state index contributed by atoms with van der Waals surface area (Å²) >= 11 is 2.93. The van der Waals surface area contributed by atoms with Crippen molar-refractivity contribution < 1.29 is 18.0 Å². The fraction of sp³-hybridized carbons (Fsp3) is 0.438. The Morgan fingerprint density at radius 1 is 1.18 bits per heavy atom. The SMILES string of the molecule is O=C1C2C3C=CC(C3)[C@H]2CN1c1ccc(Br)c(C(F)(F)F)c1. The van der Waals surface area contributed by atoms with Crippen LogP contribution < -0.4 is 4.90 Å². The molecule has 0 spiro atoms. The molecule has 1 saturated carbocycles. The Morgan fingerprint density at radius 3 is 2.59 bits per heavy atom. The Morgan fingerprint density at radius 2 is 1.91 bits per heavy atom. The van der Waals surface area contributed by atoms with Crippen molar-refractivity contribution in [2.45, 2.75) is 12.6 Å². The number of rotatable bonds is 1. The van der Waals surface area contributed by atoms with Gasteiger partial charge in [0.2, 0.25) is 5.91 Å². The van der Waals surface area contributed by atoms with Crippen LogP contribution in [0.25, 0.3) is 0 Å². The van der Waals surface area contributed by atoms with Crippen LogP contribution in [0, 0.1) is 23.7 Å². The number of anilines is 1. The number of amides is 1. The van der Waals surface area contributed by atoms with Crippen LogP contribution >= 0.6 is 15.9 Å². The zero-order valence-corrected chi connectivity index (χ0v) is 13.1. The number of halogens is 4. The maximum atomic E-state index is 13.0. The second-order valence-electron chi connectivity index (χ2n) is 6.25. The molecule has 4 atom stereocenters. The molecule has 116 valence electrons. The molecule has 1 saturated heterocycles. The summed E-state index contributed by atoms with van der Waals surface area (Å²) in [7, 11) is 0. The molecule has 2 aliphatic carbocycles. The topological polar surface area (TPSA) is 20.3 Å². The molecule has 2 nitrogen and oxygen atoms in total. The lowest BCUT2D eigenvalue weighted by atomic mass is 9.86. The highest BCUT2D eigenvalue weighted by Crippen LogP contribution is 2.52. The van der Waals surface area contributed by atoms with Crippen molar-refractivity contribution in [3.63, 3.8) is 0 Å². The highest BCUT2D eigenvalue weighted by Gasteiger charge is 2.54. The third-order valence-corrected chi connectivity index (χ3v) is 5.83. The standard InChI is InChI=1S/C16H13BrF3NO/c17-13-4-3-10(6-12(13)16(18,19)20)21-7-11-8-1-2-9(5-8)14(11)15(21)22/h1-4,6,8-9,11,14H,5,7H2/t8?,9?,11-,14?/m1/s1. The predicted octanol–water partition coefficient (Wildman–Crippen LogP) is 4.25. The molecule has 1 heterocycles. The Bertz CT molecular complexity index is 684. The minimum absolute atomic E-state index is 0.00248. The second kappa shape index (κ2) is 4.60. The van der Waals surface area contributed by atoms with E-state index in [1.165, 1.54) is 11.0 Å². The Hall–Kier alpha value is -1.30. The third kappa shape index (κ3) is 1.96. The van der Waals surface area contributed by atoms with Gasteiger partial charge in [0.25, 0.3) is 0 Å². The fourth-order valence-corrected chi connectivity index (χ4v) is 4.62. The normalized spacial score (nSPS) is 32.9. The molecule has 22 heavy (non-hydrogen) atoms. The summed E-state index contributed by atoms with van der Waals surface area (Å²) in [5.41, 5.74) is -0.398. The van der Waals surface area contributed by atoms with E-state index in [0.29, 0.717) is 18.2 Å². The second-order valence-corrected chi connectivity index (χ2v) is 7.10. The van der Waals surface area contributed by atoms with E-state index in [9.17, 15) is 18.0 Å². The quantitative estimate of drug-likeness (QED) is 0.675. The molecular formula is C16H13BrF3NO. The Labute approximate surface area is 134 Å². The van der Waals surface area contributed by atoms with E-state index >= 15 is 0 Å². The van der Waals surface area contributed by atoms with Crippen LogP contribution in [0.4, 0.5) is 18.9 Å². The maximum absolute atomic E-state index is 13.0. The van der Waals surface area contributed by atoms with Gasteiger partial charge in [0.05, 0.1) is 5.56 Å². The van der Waals surface area contributed by atoms with Crippen molar-refractivity contribution in [3.05, 3.63) is 40.4 Å². The van der Waals surface area contributed by atoms with E-state index in [4.69, 9.17) is 0 Å². The van der Waals surface area contributed by atoms with Crippen molar-refractivity contribution in [1.82, 2.24) is 0 Å². The van der Waals surface area contributed by atoms with Crippen LogP contribution in [0.2, 0.25) is 0 Å². The van der Waals surface area contributed by atoms with Crippen LogP contribution in [-0.2, 0) is 11.0 Å². The number of nitrogens with zero attached hydrogens (tertiary/aromatic N) is 1. The van der Waals surface area contributed by atoms with Crippen molar-refractivity contribution >= 4 is 27.5 Å². The van der Waals surface area contributed by atoms with E-state index in [0.717, 1.165) is 12.5 Å². The van der Waals surface area contributed by atoms with Crippen molar-refractivity contribution in [3.8, 4) is 0 Å². The average molecular weight is 372 g/mol. The van der Waals surface area contributed by atoms with E-state index in [1.807, 2.05) is 0 Å². The summed E-state index contributed by atoms with van der Waals surface area (Å²) in [5.74, 6) is 0.845. The number of carbonyl (C=O) groups is 1. The highest BCUT2D eigenvalue weighted by molar-refractivity contribution is 9.10. The van der Waals surface area contributed by atoms with Gasteiger partial charge >= 0.3 is 6.18 Å². The molecule has 1 amide bonds. The van der Waals surface area contributed by atoms with Crippen molar-refractivity contribution in [2.75, 3.05) is 11.4 Å². The smallest absolute Gasteiger partial charge is 0.312 e. The van der Waals surface area contributed by atoms with Gasteiger partial charge in [0.15, 0.2) is 0 Å². The van der Waals surface area contributed by atoms with Crippen molar-refractivity contribution in [2.24, 2.45) is 23.7 Å². The highest BCUT2D eigenvalue weighted by atomic mass is 79.9. The first-order valence-electron chi connectivity index (χ1n) is 7.22. The molecule has 0 radical (unpaired) electrons. The summed E-state index contributed by atoms with van der Waals surface area (Å²) in [6.07, 6.45) is 0.832. The molecule has 1 aromatic rings. The van der Waals surface area contributed by atoms with Crippen LogP contribution in [0.5, 0.6) is 0 Å². The van der Waals surface area contributed by atoms with Crippen LogP contribution in [0.3, 0.4) is 0 Å². The average Bonchev–Trinajstić information content (AvgIpc) is 3.11. The molecule has 1 aliphatic heterocycles. The van der Waals surface area contributed by atoms with Gasteiger partial charge in [0.1, 0.15) is 0 Å². The first-order valence-corrected chi connectivity index (χ1v) is 8.02. The number of hydrogen-bond acceptors (Lipinski definition) is 1. The van der Waals surface area contributed by atoms with E-state index < -0.39 is 11.7 Å². The summed E-state index contributed by atoms with van der Waals surface area (Å²) in [5, 5.41) is 0. The monoisotopic (exact) mass is 371 g/mol. The molecule has 6 heteroatoms. The number of fused-ring (bicyclic) bond motifs is 5. The van der Waals surface area contributed by atoms with Gasteiger partial charge in [-0.3, -0.25) is 4.79 Å². The Balaban J connectivity index is 1.68. The number of benzene rings is 1. The zero-order chi connectivity index (χ0) is 15.6. The van der Waals surface area contributed by atoms with Gasteiger partial charge in [0, 0.05) is 22.6 Å². The fourth-order valence-electron chi connectivity index (χ4n) is 4.15. The number of allylic oxidation sites excluding steroid dienone is 2. The lowest BCUT2D eigenvalue weighted by molar-refractivity contribution is -0.138. The van der Waals surface area contributed by atoms with Gasteiger partial charge in [-0.15, -0.1) is 0 Å². The summed E-state index contributed by atoms with van der Waals surface area (Å²) in [6.45, 7) is 0.522. The van der Waals surface area contributed by atoms with Crippen LogP contribution in [-0.4, -0.2) is 12.5 Å². The predicted molar refractivity (Wildman–Crippen MR) is 79.2 cm³/mol. The first kappa shape index (κ1) is 14.3. The van der Waals surface area contributed by atoms with E-state index in [1.54, 1.807) is 6.07 Å². The van der Waals surface area contributed by atoms with Gasteiger partial charge in [-0.25, -0.2) is 0 Å². The number of carbonyl (C=O) groups excluding carboxylic acids is 1. The van der Waals surface area contributed by atoms with Crippen molar-refractivity contribution in [1.29, 1.82) is 0 Å². The van der Waals surface area contributed by atoms with Gasteiger partial charge in [-0.05, 0) is 42.4 Å². The lowest BCUT2D eigenvalue weighted by Crippen LogP contribution is -2.29. The van der Waals surface area contributed by atoms with E-state index in [-0.39, 0.29) is 28.1 Å². The Kier molecular flexibility index (Phi) is 2.99. The van der Waals surface area contributed by atoms with Gasteiger partial charge in [-0.2, -0.15) is 13.2 Å². The lowest BCUT2D eigenvalue weighted by Gasteiger charge is -2.21. The number of alkyl halides is 3. The van der Waals surface area contributed by atoms with Crippen LogP contribution in [0.15, 0.2) is 34.8 Å². The molecule has 3 unspecified atom stereocenters. The molecule has 1 aromatic carbocycles. The summed E-state index contributed by atoms with van der Waals surface area (Å²) in [6, 6.07) is 4.01. The summed E-state index contributed by atoms with van der Waals surface area (Å²) < 4.78 is 39.1. The molecule has 3 aliphatic rings. The molecule has 0 N–H and O–H groups in total. The van der Waals surface area contributed by atoms with Gasteiger partial charge in [-0.1, -0.05) is 28.1 Å². The minimum Gasteiger partial charge on any atom is -0.312 e. The molecule has 4 rings (SSSR count). The first-order chi connectivity index (χ1) is 10.4. The minimum atomic E-state index is -4.44. The molecule has 0 aromatic heterocycles. The zero-order valence-electron chi connectivity index (χ0n) is 11.5. The van der Waals surface area contributed by atoms with Gasteiger partial charge < -0.3 is 4.90 Å². The maximum Gasteiger partial charge on any atom is 0.417 e. The van der Waals surface area contributed by atoms with E-state index in [2.05, 4.69) is 28.1 Å². The molecule has 2 bridgehead atoms. The summed E-state index contributed by atoms with van der Waals surface area (Å²) in [4.78, 5) is 14.2. The largest absolute Gasteiger partial charge is 0.417 e. The third-order valence-electron chi connectivity index (χ3n) is 5.13. The molecular weight excluding hydrogens is 359 g/mol.